The molecule has 0 saturated carbocycles. The molecule has 1 N–H and O–H groups in total. The number of rotatable bonds is 7. The Balaban J connectivity index is 4.05. The molecule has 0 fully saturated rings. The van der Waals surface area contributed by atoms with Crippen molar-refractivity contribution in [3.05, 3.63) is 34.9 Å². The van der Waals surface area contributed by atoms with Crippen LogP contribution in [0.25, 0.3) is 0 Å². The fraction of sp³-hybridized carbons (Fsp3) is 0.625. The van der Waals surface area contributed by atoms with E-state index in [1.165, 1.54) is 29.6 Å². The largest absolute Gasteiger partial charge is 0.392 e. The van der Waals surface area contributed by atoms with E-state index in [1.54, 1.807) is 0 Å². The zero-order chi connectivity index (χ0) is 13.3. The summed E-state index contributed by atoms with van der Waals surface area (Å²) in [4.78, 5) is 0. The Morgan fingerprint density at radius 1 is 1.00 bits per heavy atom. The summed E-state index contributed by atoms with van der Waals surface area (Å²) >= 11 is 0. The van der Waals surface area contributed by atoms with Crippen molar-refractivity contribution in [1.29, 1.82) is 0 Å². The summed E-state index contributed by atoms with van der Waals surface area (Å²) in [5, 5.41) is 8.82. The van der Waals surface area contributed by atoms with Gasteiger partial charge in [0, 0.05) is 0 Å². The number of aliphatic hydroxyl groups excluding tert-OH is 1. The lowest BCUT2D eigenvalue weighted by Crippen LogP contribution is -1.93. The topological polar surface area (TPSA) is 20.2 Å². The summed E-state index contributed by atoms with van der Waals surface area (Å²) in [5.41, 5.74) is 3.88. The first kappa shape index (κ1) is 16.2. The second-order valence-electron chi connectivity index (χ2n) is 5.16. The average Bonchev–Trinajstić information content (AvgIpc) is 2.25. The van der Waals surface area contributed by atoms with E-state index in [0.717, 1.165) is 12.3 Å². The van der Waals surface area contributed by atoms with Crippen LogP contribution in [0.3, 0.4) is 0 Å². The minimum atomic E-state index is 0.132. The zero-order valence-corrected chi connectivity index (χ0v) is 12.1. The van der Waals surface area contributed by atoms with Crippen molar-refractivity contribution in [2.24, 2.45) is 5.92 Å². The number of aliphatic hydroxyl groups is 1. The van der Waals surface area contributed by atoms with Gasteiger partial charge in [-0.1, -0.05) is 41.9 Å². The first-order chi connectivity index (χ1) is 7.97. The third kappa shape index (κ3) is 8.93. The predicted molar refractivity (Wildman–Crippen MR) is 77.0 cm³/mol. The van der Waals surface area contributed by atoms with E-state index in [-0.39, 0.29) is 6.61 Å². The van der Waals surface area contributed by atoms with E-state index >= 15 is 0 Å². The quantitative estimate of drug-likeness (QED) is 0.504. The molecule has 0 bridgehead atoms. The van der Waals surface area contributed by atoms with Gasteiger partial charge in [-0.2, -0.15) is 0 Å². The molecular formula is C16H28O. The molecule has 1 unspecified atom stereocenters. The summed E-state index contributed by atoms with van der Waals surface area (Å²) in [7, 11) is 0. The Labute approximate surface area is 107 Å². The molecule has 0 aromatic carbocycles. The summed E-state index contributed by atoms with van der Waals surface area (Å²) in [6, 6.07) is 0. The van der Waals surface area contributed by atoms with Crippen LogP contribution >= 0.6 is 0 Å². The summed E-state index contributed by atoms with van der Waals surface area (Å²) < 4.78 is 0. The molecule has 1 nitrogen and oxygen atoms in total. The molecule has 0 amide bonds. The Morgan fingerprint density at radius 2 is 1.59 bits per heavy atom. The molecule has 1 atom stereocenters. The molecule has 98 valence electrons. The Bertz CT molecular complexity index is 291. The van der Waals surface area contributed by atoms with Gasteiger partial charge in [-0.3, -0.25) is 0 Å². The van der Waals surface area contributed by atoms with Gasteiger partial charge < -0.3 is 5.11 Å². The molecule has 0 saturated heterocycles. The fourth-order valence-corrected chi connectivity index (χ4v) is 1.61. The van der Waals surface area contributed by atoms with Gasteiger partial charge in [-0.05, 0) is 52.9 Å². The highest BCUT2D eigenvalue weighted by molar-refractivity contribution is 5.26. The van der Waals surface area contributed by atoms with Crippen molar-refractivity contribution >= 4 is 0 Å². The molecule has 0 rings (SSSR count). The van der Waals surface area contributed by atoms with E-state index in [4.69, 9.17) is 5.11 Å². The SMILES string of the molecule is CC(C)=CCCC(C)C/C=C(C)/C(C)=C/CO. The summed E-state index contributed by atoms with van der Waals surface area (Å²) in [5.74, 6) is 0.725. The van der Waals surface area contributed by atoms with Gasteiger partial charge in [-0.25, -0.2) is 0 Å². The standard InChI is InChI=1S/C16H28O/c1-13(2)7-6-8-14(3)9-10-15(4)16(5)11-12-17/h7,10-11,14,17H,6,8-9,12H2,1-5H3/b15-10+,16-11+. The smallest absolute Gasteiger partial charge is 0.0618 e. The lowest BCUT2D eigenvalue weighted by molar-refractivity contribution is 0.342. The van der Waals surface area contributed by atoms with Crippen molar-refractivity contribution in [1.82, 2.24) is 0 Å². The Hall–Kier alpha value is -0.820. The van der Waals surface area contributed by atoms with Crippen LogP contribution in [0.1, 0.15) is 53.9 Å². The van der Waals surface area contributed by atoms with Gasteiger partial charge >= 0.3 is 0 Å². The minimum Gasteiger partial charge on any atom is -0.392 e. The molecule has 0 heterocycles. The van der Waals surface area contributed by atoms with Crippen LogP contribution in [0, 0.1) is 5.92 Å². The first-order valence-electron chi connectivity index (χ1n) is 6.55. The van der Waals surface area contributed by atoms with Gasteiger partial charge in [0.05, 0.1) is 6.61 Å². The van der Waals surface area contributed by atoms with Gasteiger partial charge in [0.25, 0.3) is 0 Å². The number of hydrogen-bond acceptors (Lipinski definition) is 1. The van der Waals surface area contributed by atoms with E-state index in [9.17, 15) is 0 Å². The second-order valence-corrected chi connectivity index (χ2v) is 5.16. The maximum absolute atomic E-state index is 8.82. The van der Waals surface area contributed by atoms with Crippen molar-refractivity contribution in [3.63, 3.8) is 0 Å². The Morgan fingerprint density at radius 3 is 2.12 bits per heavy atom. The van der Waals surface area contributed by atoms with Crippen LogP contribution in [-0.4, -0.2) is 11.7 Å². The molecule has 0 radical (unpaired) electrons. The van der Waals surface area contributed by atoms with Gasteiger partial charge in [-0.15, -0.1) is 0 Å². The Kier molecular flexibility index (Phi) is 8.79. The van der Waals surface area contributed by atoms with E-state index in [0.29, 0.717) is 0 Å². The second kappa shape index (κ2) is 9.23. The normalized spacial score (nSPS) is 14.7. The van der Waals surface area contributed by atoms with Crippen molar-refractivity contribution in [2.75, 3.05) is 6.61 Å². The molecule has 0 aliphatic rings. The third-order valence-corrected chi connectivity index (χ3v) is 3.06. The number of allylic oxidation sites excluding steroid dienone is 5. The maximum atomic E-state index is 8.82. The van der Waals surface area contributed by atoms with Crippen molar-refractivity contribution < 1.29 is 5.11 Å². The van der Waals surface area contributed by atoms with Gasteiger partial charge in [0.2, 0.25) is 0 Å². The molecule has 1 heteroatoms. The van der Waals surface area contributed by atoms with E-state index in [1.807, 2.05) is 6.08 Å². The predicted octanol–water partition coefficient (Wildman–Crippen LogP) is 4.64. The highest BCUT2D eigenvalue weighted by atomic mass is 16.2. The molecule has 0 aliphatic heterocycles. The monoisotopic (exact) mass is 236 g/mol. The third-order valence-electron chi connectivity index (χ3n) is 3.06. The van der Waals surface area contributed by atoms with E-state index < -0.39 is 0 Å². The molecular weight excluding hydrogens is 208 g/mol. The lowest BCUT2D eigenvalue weighted by atomic mass is 9.98. The van der Waals surface area contributed by atoms with Crippen molar-refractivity contribution in [3.8, 4) is 0 Å². The molecule has 0 aromatic heterocycles. The van der Waals surface area contributed by atoms with Gasteiger partial charge in [0.15, 0.2) is 0 Å². The average molecular weight is 236 g/mol. The molecule has 0 aliphatic carbocycles. The molecule has 17 heavy (non-hydrogen) atoms. The van der Waals surface area contributed by atoms with Crippen LogP contribution in [0.2, 0.25) is 0 Å². The van der Waals surface area contributed by atoms with E-state index in [2.05, 4.69) is 46.8 Å². The van der Waals surface area contributed by atoms with Crippen LogP contribution in [0.15, 0.2) is 34.9 Å². The number of hydrogen-bond donors (Lipinski definition) is 1. The first-order valence-corrected chi connectivity index (χ1v) is 6.55. The highest BCUT2D eigenvalue weighted by Crippen LogP contribution is 2.16. The van der Waals surface area contributed by atoms with Crippen molar-refractivity contribution in [2.45, 2.75) is 53.9 Å². The summed E-state index contributed by atoms with van der Waals surface area (Å²) in [6.07, 6.45) is 10.0. The zero-order valence-electron chi connectivity index (χ0n) is 12.1. The molecule has 0 aromatic rings. The molecule has 0 spiro atoms. The van der Waals surface area contributed by atoms with Crippen LogP contribution in [0.4, 0.5) is 0 Å². The van der Waals surface area contributed by atoms with Crippen LogP contribution in [0.5, 0.6) is 0 Å². The fourth-order valence-electron chi connectivity index (χ4n) is 1.61. The van der Waals surface area contributed by atoms with Gasteiger partial charge in [0.1, 0.15) is 0 Å². The van der Waals surface area contributed by atoms with Crippen LogP contribution in [-0.2, 0) is 0 Å². The summed E-state index contributed by atoms with van der Waals surface area (Å²) in [6.45, 7) is 10.9. The van der Waals surface area contributed by atoms with Crippen LogP contribution < -0.4 is 0 Å². The highest BCUT2D eigenvalue weighted by Gasteiger charge is 2.00. The lowest BCUT2D eigenvalue weighted by Gasteiger charge is -2.08. The maximum Gasteiger partial charge on any atom is 0.0618 e. The minimum absolute atomic E-state index is 0.132.